The molecule has 2 saturated heterocycles. The topological polar surface area (TPSA) is 52.6 Å². The maximum absolute atomic E-state index is 11.0. The van der Waals surface area contributed by atoms with Crippen LogP contribution in [0.2, 0.25) is 0 Å². The van der Waals surface area contributed by atoms with E-state index in [2.05, 4.69) is 0 Å². The van der Waals surface area contributed by atoms with Crippen molar-refractivity contribution in [1.82, 2.24) is 0 Å². The number of thioether (sulfide) groups is 2. The molecule has 0 spiro atoms. The number of hydrogen-bond acceptors (Lipinski definition) is 6. The van der Waals surface area contributed by atoms with Gasteiger partial charge in [-0.2, -0.15) is 23.5 Å². The Kier molecular flexibility index (Phi) is 9.27. The number of cyclic esters (lactones) is 2. The third-order valence-electron chi connectivity index (χ3n) is 4.39. The van der Waals surface area contributed by atoms with Crippen LogP contribution in [0.3, 0.4) is 0 Å². The van der Waals surface area contributed by atoms with Crippen LogP contribution in [0.4, 0.5) is 0 Å². The summed E-state index contributed by atoms with van der Waals surface area (Å²) in [6.45, 7) is 1.26. The van der Waals surface area contributed by atoms with Crippen molar-refractivity contribution in [3.8, 4) is 0 Å². The standard InChI is InChI=1S/C17H28O4S2/c18-16-4-2-14(12-20-16)6-10-22-8-1-9-23-11-7-15-3-5-17(19)21-13-15/h14-15H,1-13H2. The molecule has 0 N–H and O–H groups in total. The predicted molar refractivity (Wildman–Crippen MR) is 95.9 cm³/mol. The van der Waals surface area contributed by atoms with Gasteiger partial charge in [-0.15, -0.1) is 0 Å². The Morgan fingerprint density at radius 3 is 1.65 bits per heavy atom. The molecular formula is C17H28O4S2. The molecular weight excluding hydrogens is 332 g/mol. The summed E-state index contributed by atoms with van der Waals surface area (Å²) in [5, 5.41) is 0. The molecule has 2 atom stereocenters. The van der Waals surface area contributed by atoms with E-state index in [1.807, 2.05) is 23.5 Å². The van der Waals surface area contributed by atoms with Gasteiger partial charge in [0.25, 0.3) is 0 Å². The molecule has 2 unspecified atom stereocenters. The van der Waals surface area contributed by atoms with Gasteiger partial charge in [0.15, 0.2) is 0 Å². The molecule has 6 heteroatoms. The average molecular weight is 361 g/mol. The lowest BCUT2D eigenvalue weighted by atomic mass is 9.99. The van der Waals surface area contributed by atoms with Crippen molar-refractivity contribution in [3.05, 3.63) is 0 Å². The largest absolute Gasteiger partial charge is 0.465 e. The predicted octanol–water partition coefficient (Wildman–Crippen LogP) is 3.53. The number of esters is 2. The van der Waals surface area contributed by atoms with E-state index in [-0.39, 0.29) is 11.9 Å². The van der Waals surface area contributed by atoms with Gasteiger partial charge in [-0.1, -0.05) is 0 Å². The maximum Gasteiger partial charge on any atom is 0.305 e. The van der Waals surface area contributed by atoms with E-state index in [1.54, 1.807) is 0 Å². The Morgan fingerprint density at radius 2 is 1.26 bits per heavy atom. The van der Waals surface area contributed by atoms with Gasteiger partial charge in [-0.3, -0.25) is 9.59 Å². The van der Waals surface area contributed by atoms with Crippen LogP contribution in [0, 0.1) is 11.8 Å². The summed E-state index contributed by atoms with van der Waals surface area (Å²) < 4.78 is 10.2. The maximum atomic E-state index is 11.0. The monoisotopic (exact) mass is 360 g/mol. The Bertz CT molecular complexity index is 322. The Balaban J connectivity index is 1.33. The molecule has 2 fully saturated rings. The van der Waals surface area contributed by atoms with Crippen molar-refractivity contribution in [1.29, 1.82) is 0 Å². The highest BCUT2D eigenvalue weighted by Gasteiger charge is 2.20. The minimum atomic E-state index is -0.0303. The number of carbonyl (C=O) groups excluding carboxylic acids is 2. The molecule has 0 aromatic heterocycles. The summed E-state index contributed by atoms with van der Waals surface area (Å²) in [7, 11) is 0. The van der Waals surface area contributed by atoms with E-state index in [0.29, 0.717) is 37.9 Å². The summed E-state index contributed by atoms with van der Waals surface area (Å²) in [5.74, 6) is 5.91. The quantitative estimate of drug-likeness (QED) is 0.439. The molecule has 0 saturated carbocycles. The van der Waals surface area contributed by atoms with Crippen molar-refractivity contribution in [2.24, 2.45) is 11.8 Å². The van der Waals surface area contributed by atoms with Gasteiger partial charge in [-0.05, 0) is 67.0 Å². The van der Waals surface area contributed by atoms with Crippen LogP contribution in [-0.4, -0.2) is 48.2 Å². The van der Waals surface area contributed by atoms with Gasteiger partial charge >= 0.3 is 11.9 Å². The minimum Gasteiger partial charge on any atom is -0.465 e. The summed E-state index contributed by atoms with van der Waals surface area (Å²) in [6, 6.07) is 0. The fourth-order valence-electron chi connectivity index (χ4n) is 2.80. The molecule has 0 aromatic rings. The highest BCUT2D eigenvalue weighted by molar-refractivity contribution is 8.00. The fourth-order valence-corrected chi connectivity index (χ4v) is 5.09. The first-order valence-electron chi connectivity index (χ1n) is 8.71. The lowest BCUT2D eigenvalue weighted by molar-refractivity contribution is -0.150. The number of carbonyl (C=O) groups is 2. The van der Waals surface area contributed by atoms with E-state index in [0.717, 1.165) is 12.8 Å². The van der Waals surface area contributed by atoms with E-state index in [1.165, 1.54) is 42.3 Å². The zero-order valence-electron chi connectivity index (χ0n) is 13.8. The smallest absolute Gasteiger partial charge is 0.305 e. The summed E-state index contributed by atoms with van der Waals surface area (Å²) in [5.41, 5.74) is 0. The van der Waals surface area contributed by atoms with E-state index < -0.39 is 0 Å². The molecule has 0 aliphatic carbocycles. The summed E-state index contributed by atoms with van der Waals surface area (Å²) in [4.78, 5) is 21.9. The fraction of sp³-hybridized carbons (Fsp3) is 0.882. The first-order chi connectivity index (χ1) is 11.2. The SMILES string of the molecule is O=C1CCC(CCSCCCSCCC2CCC(=O)OC2)CO1. The third-order valence-corrected chi connectivity index (χ3v) is 6.60. The van der Waals surface area contributed by atoms with Crippen molar-refractivity contribution in [2.75, 3.05) is 36.2 Å². The van der Waals surface area contributed by atoms with Crippen molar-refractivity contribution >= 4 is 35.5 Å². The van der Waals surface area contributed by atoms with Gasteiger partial charge in [0.2, 0.25) is 0 Å². The molecule has 0 bridgehead atoms. The second-order valence-corrected chi connectivity index (χ2v) is 8.78. The van der Waals surface area contributed by atoms with E-state index in [4.69, 9.17) is 9.47 Å². The van der Waals surface area contributed by atoms with Gasteiger partial charge in [0, 0.05) is 12.8 Å². The molecule has 0 radical (unpaired) electrons. The van der Waals surface area contributed by atoms with Crippen LogP contribution in [0.1, 0.15) is 44.9 Å². The second-order valence-electron chi connectivity index (χ2n) is 6.33. The third kappa shape index (κ3) is 8.34. The van der Waals surface area contributed by atoms with Crippen LogP contribution >= 0.6 is 23.5 Å². The average Bonchev–Trinajstić information content (AvgIpc) is 2.56. The molecule has 0 amide bonds. The van der Waals surface area contributed by atoms with Crippen molar-refractivity contribution < 1.29 is 19.1 Å². The first kappa shape index (κ1) is 19.0. The van der Waals surface area contributed by atoms with Gasteiger partial charge in [-0.25, -0.2) is 0 Å². The van der Waals surface area contributed by atoms with Crippen LogP contribution in [0.5, 0.6) is 0 Å². The molecule has 2 rings (SSSR count). The van der Waals surface area contributed by atoms with Crippen LogP contribution in [-0.2, 0) is 19.1 Å². The molecule has 2 heterocycles. The molecule has 2 aliphatic heterocycles. The molecule has 2 aliphatic rings. The molecule has 23 heavy (non-hydrogen) atoms. The number of rotatable bonds is 10. The van der Waals surface area contributed by atoms with E-state index >= 15 is 0 Å². The Labute approximate surface area is 147 Å². The summed E-state index contributed by atoms with van der Waals surface area (Å²) >= 11 is 4.05. The number of ether oxygens (including phenoxy) is 2. The molecule has 0 aromatic carbocycles. The van der Waals surface area contributed by atoms with Crippen LogP contribution < -0.4 is 0 Å². The van der Waals surface area contributed by atoms with E-state index in [9.17, 15) is 9.59 Å². The molecule has 4 nitrogen and oxygen atoms in total. The lowest BCUT2D eigenvalue weighted by Crippen LogP contribution is -2.22. The zero-order chi connectivity index (χ0) is 16.3. The Morgan fingerprint density at radius 1 is 0.783 bits per heavy atom. The van der Waals surface area contributed by atoms with Gasteiger partial charge in [0.05, 0.1) is 13.2 Å². The second kappa shape index (κ2) is 11.2. The summed E-state index contributed by atoms with van der Waals surface area (Å²) in [6.07, 6.45) is 6.82. The van der Waals surface area contributed by atoms with Crippen LogP contribution in [0.15, 0.2) is 0 Å². The van der Waals surface area contributed by atoms with Gasteiger partial charge < -0.3 is 9.47 Å². The lowest BCUT2D eigenvalue weighted by Gasteiger charge is -2.21. The van der Waals surface area contributed by atoms with Crippen molar-refractivity contribution in [3.63, 3.8) is 0 Å². The van der Waals surface area contributed by atoms with Gasteiger partial charge in [0.1, 0.15) is 0 Å². The van der Waals surface area contributed by atoms with Crippen LogP contribution in [0.25, 0.3) is 0 Å². The molecule has 132 valence electrons. The normalized spacial score (nSPS) is 25.0. The highest BCUT2D eigenvalue weighted by atomic mass is 32.2. The van der Waals surface area contributed by atoms with Crippen molar-refractivity contribution in [2.45, 2.75) is 44.9 Å². The minimum absolute atomic E-state index is 0.0303. The Hall–Kier alpha value is -0.360. The highest BCUT2D eigenvalue weighted by Crippen LogP contribution is 2.22. The first-order valence-corrected chi connectivity index (χ1v) is 11.0. The zero-order valence-corrected chi connectivity index (χ0v) is 15.4. The number of hydrogen-bond donors (Lipinski definition) is 0.